The van der Waals surface area contributed by atoms with Crippen LogP contribution in [0.5, 0.6) is 0 Å². The van der Waals surface area contributed by atoms with Crippen LogP contribution in [0.3, 0.4) is 0 Å². The van der Waals surface area contributed by atoms with Crippen LogP contribution in [-0.2, 0) is 9.59 Å². The predicted octanol–water partition coefficient (Wildman–Crippen LogP) is 2.86. The molecule has 38 heavy (non-hydrogen) atoms. The maximum absolute atomic E-state index is 14.0. The minimum Gasteiger partial charge on any atom is -0.371 e. The number of benzene rings is 1. The molecule has 6 rings (SSSR count). The molecule has 1 aromatic carbocycles. The van der Waals surface area contributed by atoms with Crippen LogP contribution in [0.1, 0.15) is 44.8 Å². The summed E-state index contributed by atoms with van der Waals surface area (Å²) in [5.41, 5.74) is 1.03. The molecule has 2 aliphatic carbocycles. The number of aromatic nitrogens is 4. The SMILES string of the molecule is CC1(C)[C@@H]2[C@@H](C(=O)NC(C#N)c3nncc4ccccc34)N(C(=O)[C@H](CC3CC3)Nc3cncnc3)C[C@@H]21. The van der Waals surface area contributed by atoms with E-state index in [1.807, 2.05) is 24.3 Å². The molecular weight excluding hydrogens is 480 g/mol. The van der Waals surface area contributed by atoms with Crippen LogP contribution in [0.4, 0.5) is 5.69 Å². The zero-order chi connectivity index (χ0) is 26.4. The fraction of sp³-hybridized carbons (Fsp3) is 0.464. The second-order valence-electron chi connectivity index (χ2n) is 11.3. The molecule has 10 heteroatoms. The summed E-state index contributed by atoms with van der Waals surface area (Å²) < 4.78 is 0. The molecule has 3 heterocycles. The van der Waals surface area contributed by atoms with E-state index in [0.29, 0.717) is 30.3 Å². The summed E-state index contributed by atoms with van der Waals surface area (Å²) in [6, 6.07) is 7.58. The summed E-state index contributed by atoms with van der Waals surface area (Å²) >= 11 is 0. The Morgan fingerprint density at radius 2 is 1.95 bits per heavy atom. The molecule has 2 aromatic heterocycles. The van der Waals surface area contributed by atoms with Crippen LogP contribution in [0, 0.1) is 34.5 Å². The highest BCUT2D eigenvalue weighted by Gasteiger charge is 2.69. The molecule has 5 atom stereocenters. The van der Waals surface area contributed by atoms with Gasteiger partial charge in [0.05, 0.1) is 30.3 Å². The second kappa shape index (κ2) is 9.31. The van der Waals surface area contributed by atoms with E-state index in [2.05, 4.69) is 50.7 Å². The Bertz CT molecular complexity index is 1410. The standard InChI is InChI=1S/C28H30N8O2/c1-28(2)20-14-36(27(38)21(9-16-7-8-16)33-18-12-30-15-31-13-18)25(23(20)28)26(37)34-22(10-29)24-19-6-4-3-5-17(19)11-32-35-24/h3-6,11-13,15-16,20-23,25,33H,7-9,14H2,1-2H3,(H,34,37)/t20-,21-,22?,23-,25-/m0/s1. The molecule has 2 N–H and O–H groups in total. The van der Waals surface area contributed by atoms with Crippen LogP contribution in [-0.4, -0.2) is 55.5 Å². The van der Waals surface area contributed by atoms with Crippen molar-refractivity contribution in [1.82, 2.24) is 30.4 Å². The Morgan fingerprint density at radius 1 is 1.18 bits per heavy atom. The van der Waals surface area contributed by atoms with E-state index in [9.17, 15) is 14.9 Å². The third kappa shape index (κ3) is 4.32. The van der Waals surface area contributed by atoms with Crippen LogP contribution < -0.4 is 10.6 Å². The summed E-state index contributed by atoms with van der Waals surface area (Å²) in [6.45, 7) is 4.81. The summed E-state index contributed by atoms with van der Waals surface area (Å²) in [6.07, 6.45) is 9.29. The average molecular weight is 511 g/mol. The molecule has 2 amide bonds. The van der Waals surface area contributed by atoms with Crippen LogP contribution in [0.15, 0.2) is 49.2 Å². The van der Waals surface area contributed by atoms with Crippen molar-refractivity contribution >= 4 is 28.3 Å². The molecule has 3 aliphatic rings. The number of hydrogen-bond donors (Lipinski definition) is 2. The lowest BCUT2D eigenvalue weighted by Crippen LogP contribution is -2.54. The summed E-state index contributed by atoms with van der Waals surface area (Å²) in [4.78, 5) is 37.6. The summed E-state index contributed by atoms with van der Waals surface area (Å²) in [5.74, 6) is 0.343. The number of fused-ring (bicyclic) bond motifs is 2. The van der Waals surface area contributed by atoms with Gasteiger partial charge in [-0.2, -0.15) is 15.5 Å². The van der Waals surface area contributed by atoms with Crippen molar-refractivity contribution in [3.05, 3.63) is 54.9 Å². The molecule has 1 unspecified atom stereocenters. The highest BCUT2D eigenvalue weighted by Crippen LogP contribution is 2.65. The number of carbonyl (C=O) groups is 2. The molecule has 0 bridgehead atoms. The molecule has 2 saturated carbocycles. The second-order valence-corrected chi connectivity index (χ2v) is 11.3. The Kier molecular flexibility index (Phi) is 5.94. The Labute approximate surface area is 220 Å². The van der Waals surface area contributed by atoms with E-state index in [1.54, 1.807) is 23.5 Å². The van der Waals surface area contributed by atoms with E-state index in [4.69, 9.17) is 0 Å². The number of amides is 2. The van der Waals surface area contributed by atoms with Gasteiger partial charge in [-0.3, -0.25) is 9.59 Å². The van der Waals surface area contributed by atoms with Gasteiger partial charge in [-0.05, 0) is 29.6 Å². The van der Waals surface area contributed by atoms with Crippen molar-refractivity contribution in [3.8, 4) is 6.07 Å². The van der Waals surface area contributed by atoms with E-state index in [-0.39, 0.29) is 29.1 Å². The summed E-state index contributed by atoms with van der Waals surface area (Å²) in [5, 5.41) is 26.1. The van der Waals surface area contributed by atoms with Gasteiger partial charge >= 0.3 is 0 Å². The van der Waals surface area contributed by atoms with E-state index in [0.717, 1.165) is 23.6 Å². The van der Waals surface area contributed by atoms with Gasteiger partial charge in [-0.15, -0.1) is 0 Å². The Hall–Kier alpha value is -4.13. The predicted molar refractivity (Wildman–Crippen MR) is 139 cm³/mol. The molecule has 10 nitrogen and oxygen atoms in total. The number of nitriles is 1. The molecular formula is C28H30N8O2. The first-order chi connectivity index (χ1) is 18.4. The fourth-order valence-corrected chi connectivity index (χ4v) is 6.15. The van der Waals surface area contributed by atoms with Crippen molar-refractivity contribution in [3.63, 3.8) is 0 Å². The van der Waals surface area contributed by atoms with Gasteiger partial charge in [-0.1, -0.05) is 51.0 Å². The zero-order valence-corrected chi connectivity index (χ0v) is 21.4. The van der Waals surface area contributed by atoms with Crippen molar-refractivity contribution in [1.29, 1.82) is 5.26 Å². The van der Waals surface area contributed by atoms with Crippen LogP contribution >= 0.6 is 0 Å². The summed E-state index contributed by atoms with van der Waals surface area (Å²) in [7, 11) is 0. The number of anilines is 1. The van der Waals surface area contributed by atoms with Crippen molar-refractivity contribution in [2.45, 2.75) is 51.2 Å². The van der Waals surface area contributed by atoms with Crippen molar-refractivity contribution < 1.29 is 9.59 Å². The third-order valence-electron chi connectivity index (χ3n) is 8.51. The van der Waals surface area contributed by atoms with Gasteiger partial charge in [0.1, 0.15) is 24.1 Å². The number of likely N-dealkylation sites (tertiary alicyclic amines) is 1. The number of carbonyl (C=O) groups excluding carboxylic acids is 2. The van der Waals surface area contributed by atoms with E-state index >= 15 is 0 Å². The Balaban J connectivity index is 1.26. The fourth-order valence-electron chi connectivity index (χ4n) is 6.15. The quantitative estimate of drug-likeness (QED) is 0.472. The number of hydrogen-bond acceptors (Lipinski definition) is 8. The number of nitrogens with one attached hydrogen (secondary N) is 2. The number of rotatable bonds is 8. The number of piperidine rings is 1. The topological polar surface area (TPSA) is 137 Å². The van der Waals surface area contributed by atoms with Gasteiger partial charge in [0.25, 0.3) is 0 Å². The van der Waals surface area contributed by atoms with E-state index in [1.165, 1.54) is 6.33 Å². The molecule has 3 fully saturated rings. The lowest BCUT2D eigenvalue weighted by Gasteiger charge is -2.33. The zero-order valence-electron chi connectivity index (χ0n) is 21.4. The lowest BCUT2D eigenvalue weighted by molar-refractivity contribution is -0.141. The van der Waals surface area contributed by atoms with Crippen molar-refractivity contribution in [2.24, 2.45) is 23.2 Å². The highest BCUT2D eigenvalue weighted by molar-refractivity contribution is 5.93. The minimum absolute atomic E-state index is 0.0334. The molecule has 194 valence electrons. The maximum atomic E-state index is 14.0. The maximum Gasteiger partial charge on any atom is 0.245 e. The largest absolute Gasteiger partial charge is 0.371 e. The van der Waals surface area contributed by atoms with Gasteiger partial charge in [0.2, 0.25) is 11.8 Å². The third-order valence-corrected chi connectivity index (χ3v) is 8.51. The smallest absolute Gasteiger partial charge is 0.245 e. The number of nitrogens with zero attached hydrogens (tertiary/aromatic N) is 6. The average Bonchev–Trinajstić information content (AvgIpc) is 3.79. The lowest BCUT2D eigenvalue weighted by atomic mass is 9.98. The van der Waals surface area contributed by atoms with Crippen LogP contribution in [0.2, 0.25) is 0 Å². The van der Waals surface area contributed by atoms with Gasteiger partial charge in [0.15, 0.2) is 6.04 Å². The van der Waals surface area contributed by atoms with Gasteiger partial charge < -0.3 is 15.5 Å². The first-order valence-electron chi connectivity index (χ1n) is 13.1. The normalized spacial score (nSPS) is 24.7. The van der Waals surface area contributed by atoms with Gasteiger partial charge in [-0.25, -0.2) is 9.97 Å². The first kappa shape index (κ1) is 24.2. The minimum atomic E-state index is -0.985. The molecule has 0 radical (unpaired) electrons. The molecule has 1 saturated heterocycles. The van der Waals surface area contributed by atoms with Crippen LogP contribution in [0.25, 0.3) is 10.8 Å². The van der Waals surface area contributed by atoms with Crippen molar-refractivity contribution in [2.75, 3.05) is 11.9 Å². The molecule has 1 aliphatic heterocycles. The van der Waals surface area contributed by atoms with Gasteiger partial charge in [0, 0.05) is 17.3 Å². The molecule has 3 aromatic rings. The first-order valence-corrected chi connectivity index (χ1v) is 13.1. The highest BCUT2D eigenvalue weighted by atomic mass is 16.2. The Morgan fingerprint density at radius 3 is 2.68 bits per heavy atom. The van der Waals surface area contributed by atoms with E-state index < -0.39 is 18.1 Å². The molecule has 0 spiro atoms. The monoisotopic (exact) mass is 510 g/mol.